The summed E-state index contributed by atoms with van der Waals surface area (Å²) in [5.74, 6) is 0.915. The topological polar surface area (TPSA) is 42.4 Å². The van der Waals surface area contributed by atoms with E-state index in [9.17, 15) is 4.79 Å². The molecule has 0 unspecified atom stereocenters. The Labute approximate surface area is 192 Å². The molecule has 0 atom stereocenters. The first-order valence-corrected chi connectivity index (χ1v) is 11.6. The molecular formula is C27H24N2O2S. The number of carbonyl (C=O) groups excluding carboxylic acids is 1. The van der Waals surface area contributed by atoms with Crippen molar-refractivity contribution >= 4 is 17.2 Å². The van der Waals surface area contributed by atoms with Gasteiger partial charge in [-0.15, -0.1) is 11.3 Å². The van der Waals surface area contributed by atoms with Gasteiger partial charge in [0.1, 0.15) is 17.4 Å². The number of carbonyl (C=O) groups is 1. The van der Waals surface area contributed by atoms with E-state index in [1.807, 2.05) is 46.7 Å². The second-order valence-electron chi connectivity index (χ2n) is 8.08. The molecule has 0 N–H and O–H groups in total. The van der Waals surface area contributed by atoms with E-state index < -0.39 is 0 Å². The Morgan fingerprint density at radius 1 is 0.938 bits per heavy atom. The molecule has 1 aliphatic heterocycles. The monoisotopic (exact) mass is 440 g/mol. The second kappa shape index (κ2) is 8.97. The van der Waals surface area contributed by atoms with Crippen molar-refractivity contribution in [2.45, 2.75) is 33.0 Å². The predicted octanol–water partition coefficient (Wildman–Crippen LogP) is 5.78. The minimum atomic E-state index is 0.0906. The van der Waals surface area contributed by atoms with E-state index in [1.165, 1.54) is 39.2 Å². The van der Waals surface area contributed by atoms with Gasteiger partial charge in [-0.1, -0.05) is 66.2 Å². The van der Waals surface area contributed by atoms with E-state index in [0.717, 1.165) is 16.5 Å². The Morgan fingerprint density at radius 3 is 2.22 bits per heavy atom. The molecule has 32 heavy (non-hydrogen) atoms. The predicted molar refractivity (Wildman–Crippen MR) is 127 cm³/mol. The number of thiazole rings is 1. The highest BCUT2D eigenvalue weighted by Crippen LogP contribution is 2.32. The van der Waals surface area contributed by atoms with Crippen LogP contribution < -0.4 is 4.74 Å². The number of aryl methyl sites for hydroxylation is 1. The van der Waals surface area contributed by atoms with Crippen LogP contribution in [-0.4, -0.2) is 15.8 Å². The highest BCUT2D eigenvalue weighted by Gasteiger charge is 2.23. The van der Waals surface area contributed by atoms with Crippen LogP contribution in [0.1, 0.15) is 27.4 Å². The Hall–Kier alpha value is -3.44. The number of benzene rings is 3. The van der Waals surface area contributed by atoms with E-state index in [4.69, 9.17) is 4.74 Å². The number of nitrogens with zero attached hydrogens (tertiary/aromatic N) is 2. The fourth-order valence-electron chi connectivity index (χ4n) is 4.03. The summed E-state index contributed by atoms with van der Waals surface area (Å²) in [7, 11) is 0. The molecular weight excluding hydrogens is 416 g/mol. The summed E-state index contributed by atoms with van der Waals surface area (Å²) < 4.78 is 5.83. The van der Waals surface area contributed by atoms with Crippen LogP contribution in [0, 0.1) is 6.92 Å². The van der Waals surface area contributed by atoms with Crippen LogP contribution in [0.5, 0.6) is 5.75 Å². The Balaban J connectivity index is 1.28. The number of aromatic nitrogens is 1. The average molecular weight is 441 g/mol. The van der Waals surface area contributed by atoms with Gasteiger partial charge in [0.15, 0.2) is 0 Å². The van der Waals surface area contributed by atoms with Gasteiger partial charge in [-0.25, -0.2) is 4.98 Å². The van der Waals surface area contributed by atoms with Crippen molar-refractivity contribution in [3.05, 3.63) is 106 Å². The molecule has 0 bridgehead atoms. The van der Waals surface area contributed by atoms with Crippen LogP contribution in [0.2, 0.25) is 0 Å². The first-order chi connectivity index (χ1) is 15.7. The second-order valence-corrected chi connectivity index (χ2v) is 9.02. The molecule has 1 amide bonds. The molecule has 3 aromatic carbocycles. The minimum absolute atomic E-state index is 0.0906. The minimum Gasteiger partial charge on any atom is -0.486 e. The lowest BCUT2D eigenvalue weighted by Gasteiger charge is -2.21. The van der Waals surface area contributed by atoms with Crippen LogP contribution >= 0.6 is 11.3 Å². The molecule has 2 heterocycles. The van der Waals surface area contributed by atoms with Gasteiger partial charge in [0, 0.05) is 18.5 Å². The molecule has 4 aromatic rings. The van der Waals surface area contributed by atoms with Gasteiger partial charge in [-0.3, -0.25) is 4.79 Å². The zero-order valence-corrected chi connectivity index (χ0v) is 18.8. The number of rotatable bonds is 5. The molecule has 0 radical (unpaired) electrons. The third kappa shape index (κ3) is 4.43. The molecule has 0 spiro atoms. The zero-order valence-electron chi connectivity index (χ0n) is 18.0. The summed E-state index contributed by atoms with van der Waals surface area (Å²) in [6.07, 6.45) is 0.297. The van der Waals surface area contributed by atoms with E-state index in [-0.39, 0.29) is 5.91 Å². The van der Waals surface area contributed by atoms with Crippen LogP contribution in [0.4, 0.5) is 0 Å². The number of fused-ring (bicyclic) bond motifs is 3. The molecule has 160 valence electrons. The summed E-state index contributed by atoms with van der Waals surface area (Å²) in [6.45, 7) is 3.68. The number of ether oxygens (including phenoxy) is 1. The fraction of sp³-hybridized carbons (Fsp3) is 0.185. The van der Waals surface area contributed by atoms with Crippen LogP contribution in [-0.2, 0) is 30.9 Å². The quantitative estimate of drug-likeness (QED) is 0.395. The molecule has 0 fully saturated rings. The molecule has 0 saturated heterocycles. The summed E-state index contributed by atoms with van der Waals surface area (Å²) in [5, 5.41) is 2.84. The Morgan fingerprint density at radius 2 is 1.56 bits per heavy atom. The van der Waals surface area contributed by atoms with Gasteiger partial charge in [0.2, 0.25) is 5.91 Å². The molecule has 1 aromatic heterocycles. The standard InChI is InChI=1S/C27H24N2O2S/c1-19-10-12-23(13-11-19)31-17-26-28-22(18-32-26)14-27(30)29-15-20-6-2-4-8-24(20)25-9-5-3-7-21(25)16-29/h2-13,18H,14-17H2,1H3. The lowest BCUT2D eigenvalue weighted by molar-refractivity contribution is -0.131. The summed E-state index contributed by atoms with van der Waals surface area (Å²) >= 11 is 1.53. The van der Waals surface area contributed by atoms with Gasteiger partial charge in [-0.05, 0) is 41.3 Å². The molecule has 0 saturated carbocycles. The van der Waals surface area contributed by atoms with Gasteiger partial charge in [0.05, 0.1) is 12.1 Å². The average Bonchev–Trinajstić information content (AvgIpc) is 3.18. The van der Waals surface area contributed by atoms with Crippen molar-refractivity contribution in [1.29, 1.82) is 0 Å². The highest BCUT2D eigenvalue weighted by molar-refractivity contribution is 7.09. The Kier molecular flexibility index (Phi) is 5.73. The summed E-state index contributed by atoms with van der Waals surface area (Å²) in [4.78, 5) is 19.8. The fourth-order valence-corrected chi connectivity index (χ4v) is 4.73. The van der Waals surface area contributed by atoms with Gasteiger partial charge < -0.3 is 9.64 Å². The molecule has 4 nitrogen and oxygen atoms in total. The van der Waals surface area contributed by atoms with Crippen molar-refractivity contribution in [2.24, 2.45) is 0 Å². The van der Waals surface area contributed by atoms with Gasteiger partial charge in [0.25, 0.3) is 0 Å². The van der Waals surface area contributed by atoms with Crippen molar-refractivity contribution in [1.82, 2.24) is 9.88 Å². The highest BCUT2D eigenvalue weighted by atomic mass is 32.1. The lowest BCUT2D eigenvalue weighted by Crippen LogP contribution is -2.30. The number of amides is 1. The maximum atomic E-state index is 13.2. The van der Waals surface area contributed by atoms with Crippen LogP contribution in [0.3, 0.4) is 0 Å². The van der Waals surface area contributed by atoms with Crippen LogP contribution in [0.25, 0.3) is 11.1 Å². The third-order valence-electron chi connectivity index (χ3n) is 5.71. The number of hydrogen-bond acceptors (Lipinski definition) is 4. The van der Waals surface area contributed by atoms with Crippen molar-refractivity contribution in [3.63, 3.8) is 0 Å². The van der Waals surface area contributed by atoms with Crippen molar-refractivity contribution < 1.29 is 9.53 Å². The lowest BCUT2D eigenvalue weighted by atomic mass is 9.97. The first-order valence-electron chi connectivity index (χ1n) is 10.7. The summed E-state index contributed by atoms with van der Waals surface area (Å²) in [5.41, 5.74) is 6.78. The van der Waals surface area contributed by atoms with E-state index in [1.54, 1.807) is 0 Å². The molecule has 0 aliphatic carbocycles. The van der Waals surface area contributed by atoms with Crippen molar-refractivity contribution in [3.8, 4) is 16.9 Å². The summed E-state index contributed by atoms with van der Waals surface area (Å²) in [6, 6.07) is 24.7. The zero-order chi connectivity index (χ0) is 21.9. The van der Waals surface area contributed by atoms with E-state index >= 15 is 0 Å². The van der Waals surface area contributed by atoms with Gasteiger partial charge >= 0.3 is 0 Å². The maximum absolute atomic E-state index is 13.2. The van der Waals surface area contributed by atoms with Crippen LogP contribution in [0.15, 0.2) is 78.2 Å². The molecule has 5 heteroatoms. The normalized spacial score (nSPS) is 12.6. The molecule has 5 rings (SSSR count). The molecule has 1 aliphatic rings. The SMILES string of the molecule is Cc1ccc(OCc2nc(CC(=O)N3Cc4ccccc4-c4ccccc4C3)cs2)cc1. The maximum Gasteiger partial charge on any atom is 0.229 e. The van der Waals surface area contributed by atoms with Crippen molar-refractivity contribution in [2.75, 3.05) is 0 Å². The van der Waals surface area contributed by atoms with E-state index in [0.29, 0.717) is 26.1 Å². The largest absolute Gasteiger partial charge is 0.486 e. The first kappa shape index (κ1) is 20.5. The number of hydrogen-bond donors (Lipinski definition) is 0. The van der Waals surface area contributed by atoms with Gasteiger partial charge in [-0.2, -0.15) is 0 Å². The Bertz CT molecular complexity index is 1200. The third-order valence-corrected chi connectivity index (χ3v) is 6.59. The van der Waals surface area contributed by atoms with E-state index in [2.05, 4.69) is 48.3 Å². The smallest absolute Gasteiger partial charge is 0.229 e.